The first-order valence-electron chi connectivity index (χ1n) is 7.27. The van der Waals surface area contributed by atoms with E-state index in [0.717, 1.165) is 6.07 Å². The van der Waals surface area contributed by atoms with Crippen LogP contribution in [0.4, 0.5) is 0 Å². The Labute approximate surface area is 137 Å². The van der Waals surface area contributed by atoms with Crippen LogP contribution in [0.2, 0.25) is 0 Å². The summed E-state index contributed by atoms with van der Waals surface area (Å²) in [4.78, 5) is 12.9. The van der Waals surface area contributed by atoms with E-state index in [1.54, 1.807) is 18.2 Å². The molecular formula is C17H14O7. The lowest BCUT2D eigenvalue weighted by molar-refractivity contribution is -0.0701. The molecule has 7 heteroatoms. The molecule has 2 N–H and O–H groups in total. The Bertz CT molecular complexity index is 830. The number of hydrogen-bond donors (Lipinski definition) is 2. The van der Waals surface area contributed by atoms with Crippen LogP contribution in [0.1, 0.15) is 21.8 Å². The maximum Gasteiger partial charge on any atom is 0.231 e. The Hall–Kier alpha value is -2.93. The average molecular weight is 330 g/mol. The van der Waals surface area contributed by atoms with Gasteiger partial charge < -0.3 is 29.2 Å². The van der Waals surface area contributed by atoms with E-state index in [1.165, 1.54) is 13.2 Å². The molecule has 2 aromatic rings. The Morgan fingerprint density at radius 3 is 2.67 bits per heavy atom. The van der Waals surface area contributed by atoms with Crippen molar-refractivity contribution in [3.63, 3.8) is 0 Å². The van der Waals surface area contributed by atoms with Crippen LogP contribution in [0.5, 0.6) is 28.7 Å². The van der Waals surface area contributed by atoms with Crippen molar-refractivity contribution in [2.45, 2.75) is 12.2 Å². The maximum atomic E-state index is 12.9. The van der Waals surface area contributed by atoms with Crippen LogP contribution in [0.25, 0.3) is 0 Å². The Balaban J connectivity index is 1.81. The Morgan fingerprint density at radius 2 is 1.88 bits per heavy atom. The van der Waals surface area contributed by atoms with Gasteiger partial charge in [0.2, 0.25) is 13.1 Å². The fourth-order valence-corrected chi connectivity index (χ4v) is 3.00. The standard InChI is InChI=1S/C17H14O7/c1-21-17-14(8-2-3-11-12(4-8)23-7-22-11)16(20)15-10(19)5-9(18)6-13(15)24-17/h2-6,14,17-19H,7H2,1H3. The third-order valence-corrected chi connectivity index (χ3v) is 4.10. The minimum atomic E-state index is -0.897. The van der Waals surface area contributed by atoms with Crippen LogP contribution in [-0.4, -0.2) is 36.2 Å². The zero-order valence-electron chi connectivity index (χ0n) is 12.7. The number of phenolic OH excluding ortho intramolecular Hbond substituents is 2. The number of Topliss-reactive ketones (excluding diaryl/α,β-unsaturated/α-hetero) is 1. The molecule has 124 valence electrons. The lowest BCUT2D eigenvalue weighted by Gasteiger charge is -2.32. The van der Waals surface area contributed by atoms with E-state index >= 15 is 0 Å². The van der Waals surface area contributed by atoms with Gasteiger partial charge in [0, 0.05) is 19.2 Å². The maximum absolute atomic E-state index is 12.9. The summed E-state index contributed by atoms with van der Waals surface area (Å²) in [6.45, 7) is 0.129. The van der Waals surface area contributed by atoms with Crippen LogP contribution in [0.15, 0.2) is 30.3 Å². The van der Waals surface area contributed by atoms with Crippen LogP contribution in [0.3, 0.4) is 0 Å². The lowest BCUT2D eigenvalue weighted by Crippen LogP contribution is -2.37. The fourth-order valence-electron chi connectivity index (χ4n) is 3.00. The van der Waals surface area contributed by atoms with E-state index in [9.17, 15) is 15.0 Å². The van der Waals surface area contributed by atoms with Gasteiger partial charge in [-0.05, 0) is 17.7 Å². The van der Waals surface area contributed by atoms with Gasteiger partial charge in [0.15, 0.2) is 17.3 Å². The molecular weight excluding hydrogens is 316 g/mol. The van der Waals surface area contributed by atoms with Crippen molar-refractivity contribution in [1.82, 2.24) is 0 Å². The van der Waals surface area contributed by atoms with E-state index in [-0.39, 0.29) is 35.4 Å². The van der Waals surface area contributed by atoms with E-state index in [4.69, 9.17) is 18.9 Å². The van der Waals surface area contributed by atoms with Gasteiger partial charge in [0.1, 0.15) is 28.7 Å². The topological polar surface area (TPSA) is 94.5 Å². The SMILES string of the molecule is COC1Oc2cc(O)cc(O)c2C(=O)C1c1ccc2c(c1)OCO2. The summed E-state index contributed by atoms with van der Waals surface area (Å²) < 4.78 is 21.6. The normalized spacial score (nSPS) is 21.3. The van der Waals surface area contributed by atoms with Gasteiger partial charge in [-0.2, -0.15) is 0 Å². The largest absolute Gasteiger partial charge is 0.508 e. The molecule has 0 bridgehead atoms. The molecule has 2 aliphatic rings. The highest BCUT2D eigenvalue weighted by Gasteiger charge is 2.41. The summed E-state index contributed by atoms with van der Waals surface area (Å²) in [6.07, 6.45) is -0.897. The molecule has 2 aliphatic heterocycles. The van der Waals surface area contributed by atoms with E-state index in [1.807, 2.05) is 0 Å². The first kappa shape index (κ1) is 14.6. The zero-order valence-corrected chi connectivity index (χ0v) is 12.7. The summed E-state index contributed by atoms with van der Waals surface area (Å²) in [5, 5.41) is 19.6. The first-order chi connectivity index (χ1) is 11.6. The number of carbonyl (C=O) groups is 1. The molecule has 2 aromatic carbocycles. The van der Waals surface area contributed by atoms with Crippen molar-refractivity contribution in [2.24, 2.45) is 0 Å². The number of ether oxygens (including phenoxy) is 4. The molecule has 0 aromatic heterocycles. The third kappa shape index (κ3) is 2.13. The zero-order chi connectivity index (χ0) is 16.8. The molecule has 0 saturated carbocycles. The number of aromatic hydroxyl groups is 2. The molecule has 0 fully saturated rings. The number of ketones is 1. The Morgan fingerprint density at radius 1 is 1.08 bits per heavy atom. The van der Waals surface area contributed by atoms with Crippen molar-refractivity contribution in [3.05, 3.63) is 41.5 Å². The highest BCUT2D eigenvalue weighted by Crippen LogP contribution is 2.44. The molecule has 4 rings (SSSR count). The van der Waals surface area contributed by atoms with Crippen molar-refractivity contribution < 1.29 is 34.0 Å². The number of phenols is 2. The number of carbonyl (C=O) groups excluding carboxylic acids is 1. The molecule has 0 amide bonds. The summed E-state index contributed by atoms with van der Waals surface area (Å²) >= 11 is 0. The fraction of sp³-hybridized carbons (Fsp3) is 0.235. The third-order valence-electron chi connectivity index (χ3n) is 4.10. The second-order valence-corrected chi connectivity index (χ2v) is 5.51. The molecule has 2 heterocycles. The molecule has 24 heavy (non-hydrogen) atoms. The lowest BCUT2D eigenvalue weighted by atomic mass is 9.87. The predicted octanol–water partition coefficient (Wildman–Crippen LogP) is 2.16. The summed E-state index contributed by atoms with van der Waals surface area (Å²) in [7, 11) is 1.42. The van der Waals surface area contributed by atoms with Crippen LogP contribution >= 0.6 is 0 Å². The van der Waals surface area contributed by atoms with Crippen LogP contribution in [-0.2, 0) is 4.74 Å². The monoisotopic (exact) mass is 330 g/mol. The minimum Gasteiger partial charge on any atom is -0.508 e. The van der Waals surface area contributed by atoms with E-state index in [0.29, 0.717) is 17.1 Å². The van der Waals surface area contributed by atoms with Crippen molar-refractivity contribution >= 4 is 5.78 Å². The number of methoxy groups -OCH3 is 1. The van der Waals surface area contributed by atoms with Crippen molar-refractivity contribution in [1.29, 1.82) is 0 Å². The second-order valence-electron chi connectivity index (χ2n) is 5.51. The van der Waals surface area contributed by atoms with Gasteiger partial charge in [-0.25, -0.2) is 0 Å². The summed E-state index contributed by atoms with van der Waals surface area (Å²) in [5.41, 5.74) is 0.637. The molecule has 0 saturated heterocycles. The van der Waals surface area contributed by atoms with Crippen molar-refractivity contribution in [3.8, 4) is 28.7 Å². The van der Waals surface area contributed by atoms with Crippen LogP contribution < -0.4 is 14.2 Å². The van der Waals surface area contributed by atoms with E-state index in [2.05, 4.69) is 0 Å². The molecule has 2 unspecified atom stereocenters. The molecule has 2 atom stereocenters. The number of benzene rings is 2. The highest BCUT2D eigenvalue weighted by atomic mass is 16.7. The van der Waals surface area contributed by atoms with Gasteiger partial charge in [0.25, 0.3) is 0 Å². The summed E-state index contributed by atoms with van der Waals surface area (Å²) in [6, 6.07) is 7.51. The van der Waals surface area contributed by atoms with Gasteiger partial charge >= 0.3 is 0 Å². The molecule has 0 spiro atoms. The van der Waals surface area contributed by atoms with Crippen LogP contribution in [0, 0.1) is 0 Å². The predicted molar refractivity (Wildman–Crippen MR) is 80.8 cm³/mol. The second kappa shape index (κ2) is 5.31. The Kier molecular flexibility index (Phi) is 3.24. The van der Waals surface area contributed by atoms with Gasteiger partial charge in [-0.15, -0.1) is 0 Å². The number of fused-ring (bicyclic) bond motifs is 2. The minimum absolute atomic E-state index is 0.0174. The number of rotatable bonds is 2. The summed E-state index contributed by atoms with van der Waals surface area (Å²) in [5.74, 6) is -0.458. The number of hydrogen-bond acceptors (Lipinski definition) is 7. The smallest absolute Gasteiger partial charge is 0.231 e. The molecule has 7 nitrogen and oxygen atoms in total. The average Bonchev–Trinajstić information content (AvgIpc) is 3.01. The van der Waals surface area contributed by atoms with E-state index < -0.39 is 12.2 Å². The molecule has 0 aliphatic carbocycles. The first-order valence-corrected chi connectivity index (χ1v) is 7.27. The van der Waals surface area contributed by atoms with Gasteiger partial charge in [-0.3, -0.25) is 4.79 Å². The highest BCUT2D eigenvalue weighted by molar-refractivity contribution is 6.06. The molecule has 0 radical (unpaired) electrons. The quantitative estimate of drug-likeness (QED) is 0.871. The van der Waals surface area contributed by atoms with Crippen molar-refractivity contribution in [2.75, 3.05) is 13.9 Å². The van der Waals surface area contributed by atoms with Gasteiger partial charge in [0.05, 0.1) is 0 Å². The van der Waals surface area contributed by atoms with Gasteiger partial charge in [-0.1, -0.05) is 6.07 Å².